The molecule has 31 heavy (non-hydrogen) atoms. The molecule has 0 aliphatic rings. The third-order valence-electron chi connectivity index (χ3n) is 5.06. The number of nitrogens with two attached hydrogens (primary N) is 1. The first-order valence-electron chi connectivity index (χ1n) is 10.00. The van der Waals surface area contributed by atoms with Crippen LogP contribution in [0.15, 0.2) is 53.6 Å². The molecule has 0 amide bonds. The highest BCUT2D eigenvalue weighted by Crippen LogP contribution is 2.33. The number of sulfone groups is 1. The maximum Gasteiger partial charge on any atom is 0.207 e. The van der Waals surface area contributed by atoms with Crippen LogP contribution in [0.3, 0.4) is 0 Å². The van der Waals surface area contributed by atoms with E-state index < -0.39 is 13.1 Å². The van der Waals surface area contributed by atoms with Crippen molar-refractivity contribution in [2.45, 2.75) is 47.9 Å². The molecule has 0 bridgehead atoms. The molecule has 2 N–H and O–H groups in total. The average Bonchev–Trinajstić information content (AvgIpc) is 3.02. The van der Waals surface area contributed by atoms with Crippen molar-refractivity contribution in [3.63, 3.8) is 0 Å². The van der Waals surface area contributed by atoms with Gasteiger partial charge in [-0.25, -0.2) is 17.8 Å². The number of alkyl halides is 1. The Morgan fingerprint density at radius 3 is 2.58 bits per heavy atom. The molecule has 0 aliphatic carbocycles. The predicted octanol–water partition coefficient (Wildman–Crippen LogP) is 4.51. The van der Waals surface area contributed by atoms with Gasteiger partial charge in [-0.15, -0.1) is 0 Å². The highest BCUT2D eigenvalue weighted by molar-refractivity contribution is 14.1. The molecule has 9 heteroatoms. The summed E-state index contributed by atoms with van der Waals surface area (Å²) in [5.41, 5.74) is 9.99. The summed E-state index contributed by atoms with van der Waals surface area (Å²) in [7, 11) is -3.44. The second-order valence-corrected chi connectivity index (χ2v) is 12.6. The van der Waals surface area contributed by atoms with Crippen LogP contribution < -0.4 is 5.73 Å². The van der Waals surface area contributed by atoms with Gasteiger partial charge in [-0.1, -0.05) is 42.5 Å². The van der Waals surface area contributed by atoms with Gasteiger partial charge in [0.2, 0.25) is 9.84 Å². The van der Waals surface area contributed by atoms with E-state index in [9.17, 15) is 12.8 Å². The molecule has 3 rings (SSSR count). The van der Waals surface area contributed by atoms with Crippen LogP contribution in [0.1, 0.15) is 43.5 Å². The van der Waals surface area contributed by atoms with Crippen molar-refractivity contribution in [3.8, 4) is 0 Å². The first-order valence-corrected chi connectivity index (χ1v) is 12.8. The molecule has 3 heterocycles. The van der Waals surface area contributed by atoms with Gasteiger partial charge in [0.05, 0.1) is 17.6 Å². The number of fused-ring (bicyclic) bond motifs is 1. The van der Waals surface area contributed by atoms with E-state index in [1.807, 2.05) is 39.3 Å². The Morgan fingerprint density at radius 2 is 2.00 bits per heavy atom. The molecule has 166 valence electrons. The molecule has 3 aromatic rings. The average molecular weight is 556 g/mol. The maximum absolute atomic E-state index is 14.4. The van der Waals surface area contributed by atoms with Gasteiger partial charge in [0.25, 0.3) is 0 Å². The summed E-state index contributed by atoms with van der Waals surface area (Å²) in [5.74, 6) is -0.164. The summed E-state index contributed by atoms with van der Waals surface area (Å²) in [6.45, 7) is 5.99. The summed E-state index contributed by atoms with van der Waals surface area (Å²) >= 11 is 1.87. The lowest BCUT2D eigenvalue weighted by Gasteiger charge is -2.15. The third kappa shape index (κ3) is 4.98. The zero-order valence-corrected chi connectivity index (χ0v) is 20.7. The Kier molecular flexibility index (Phi) is 7.48. The lowest BCUT2D eigenvalue weighted by atomic mass is 9.99. The smallest absolute Gasteiger partial charge is 0.207 e. The summed E-state index contributed by atoms with van der Waals surface area (Å²) in [5, 5.41) is 0.0665. The van der Waals surface area contributed by atoms with Crippen LogP contribution in [0, 0.1) is 0 Å². The minimum Gasteiger partial charge on any atom is -0.336 e. The van der Waals surface area contributed by atoms with E-state index in [0.29, 0.717) is 6.42 Å². The van der Waals surface area contributed by atoms with Crippen LogP contribution in [0.5, 0.6) is 0 Å². The van der Waals surface area contributed by atoms with Crippen molar-refractivity contribution < 1.29 is 12.8 Å². The van der Waals surface area contributed by atoms with Gasteiger partial charge in [0.15, 0.2) is 5.03 Å². The summed E-state index contributed by atoms with van der Waals surface area (Å²) in [6.07, 6.45) is 5.21. The number of halogens is 2. The quantitative estimate of drug-likeness (QED) is 0.326. The number of pyridine rings is 2. The van der Waals surface area contributed by atoms with Gasteiger partial charge in [-0.05, 0) is 42.7 Å². The summed E-state index contributed by atoms with van der Waals surface area (Å²) < 4.78 is 40.5. The number of rotatable bonds is 8. The molecule has 1 atom stereocenters. The van der Waals surface area contributed by atoms with Crippen LogP contribution in [0.25, 0.3) is 11.0 Å². The van der Waals surface area contributed by atoms with Crippen molar-refractivity contribution in [2.75, 3.05) is 6.54 Å². The van der Waals surface area contributed by atoms with Crippen molar-refractivity contribution in [1.82, 2.24) is 14.5 Å². The fourth-order valence-electron chi connectivity index (χ4n) is 3.66. The summed E-state index contributed by atoms with van der Waals surface area (Å²) in [4.78, 5) is 8.77. The molecule has 0 spiro atoms. The standard InChI is InChI=1S/C22H26FIN4O2S/c1-14(2)22-18(11-16-6-7-20(27-12-16)31(29,30)15(3)24)21-19(5-4-10-26-21)28(22)13-17(23)8-9-25/h4-8,10,12,14-15H,9,11,13,25H2,1-3H3/b17-8-. The number of allylic oxidation sites excluding steroid dienone is 1. The van der Waals surface area contributed by atoms with E-state index in [2.05, 4.69) is 23.8 Å². The Bertz CT molecular complexity index is 1200. The third-order valence-corrected chi connectivity index (χ3v) is 8.74. The number of hydrogen-bond acceptors (Lipinski definition) is 5. The van der Waals surface area contributed by atoms with E-state index in [-0.39, 0.29) is 29.9 Å². The minimum absolute atomic E-state index is 0.0665. The van der Waals surface area contributed by atoms with Gasteiger partial charge in [-0.3, -0.25) is 4.98 Å². The van der Waals surface area contributed by atoms with Crippen LogP contribution >= 0.6 is 22.6 Å². The molecule has 0 aliphatic heterocycles. The molecule has 0 radical (unpaired) electrons. The normalized spacial score (nSPS) is 13.8. The zero-order chi connectivity index (χ0) is 22.8. The topological polar surface area (TPSA) is 90.9 Å². The van der Waals surface area contributed by atoms with Crippen molar-refractivity contribution >= 4 is 43.5 Å². The minimum atomic E-state index is -3.44. The molecule has 0 saturated heterocycles. The molecule has 0 aromatic carbocycles. The van der Waals surface area contributed by atoms with E-state index in [4.69, 9.17) is 5.73 Å². The van der Waals surface area contributed by atoms with Crippen LogP contribution in [-0.2, 0) is 22.8 Å². The molecule has 0 fully saturated rings. The van der Waals surface area contributed by atoms with Crippen LogP contribution in [-0.4, -0.2) is 32.8 Å². The molecular formula is C22H26FIN4O2S. The van der Waals surface area contributed by atoms with Crippen molar-refractivity contribution in [1.29, 1.82) is 0 Å². The zero-order valence-electron chi connectivity index (χ0n) is 17.7. The van der Waals surface area contributed by atoms with Gasteiger partial charge < -0.3 is 10.3 Å². The maximum atomic E-state index is 14.4. The van der Waals surface area contributed by atoms with Crippen LogP contribution in [0.2, 0.25) is 0 Å². The lowest BCUT2D eigenvalue weighted by molar-refractivity contribution is 0.544. The Labute approximate surface area is 195 Å². The second kappa shape index (κ2) is 9.74. The van der Waals surface area contributed by atoms with Gasteiger partial charge in [0, 0.05) is 36.6 Å². The van der Waals surface area contributed by atoms with Crippen molar-refractivity contribution in [3.05, 3.63) is 65.4 Å². The van der Waals surface area contributed by atoms with Gasteiger partial charge >= 0.3 is 0 Å². The van der Waals surface area contributed by atoms with Crippen LogP contribution in [0.4, 0.5) is 4.39 Å². The monoisotopic (exact) mass is 556 g/mol. The van der Waals surface area contributed by atoms with Crippen molar-refractivity contribution in [2.24, 2.45) is 5.73 Å². The van der Waals surface area contributed by atoms with E-state index in [1.54, 1.807) is 31.5 Å². The second-order valence-electron chi connectivity index (χ2n) is 7.63. The Hall–Kier alpha value is -1.85. The molecule has 0 saturated carbocycles. The lowest BCUT2D eigenvalue weighted by Crippen LogP contribution is -2.13. The van der Waals surface area contributed by atoms with E-state index in [1.165, 1.54) is 6.08 Å². The van der Waals surface area contributed by atoms with E-state index in [0.717, 1.165) is 27.9 Å². The Morgan fingerprint density at radius 1 is 1.26 bits per heavy atom. The number of aromatic nitrogens is 3. The largest absolute Gasteiger partial charge is 0.336 e. The fourth-order valence-corrected chi connectivity index (χ4v) is 5.24. The highest BCUT2D eigenvalue weighted by atomic mass is 127. The van der Waals surface area contributed by atoms with E-state index >= 15 is 0 Å². The fraction of sp³-hybridized carbons (Fsp3) is 0.364. The highest BCUT2D eigenvalue weighted by Gasteiger charge is 2.23. The first kappa shape index (κ1) is 23.8. The molecule has 1 unspecified atom stereocenters. The first-order chi connectivity index (χ1) is 14.7. The molecule has 6 nitrogen and oxygen atoms in total. The number of nitrogens with zero attached hydrogens (tertiary/aromatic N) is 3. The van der Waals surface area contributed by atoms with Gasteiger partial charge in [-0.2, -0.15) is 0 Å². The molecule has 3 aromatic heterocycles. The molecular weight excluding hydrogens is 530 g/mol. The van der Waals surface area contributed by atoms with Gasteiger partial charge in [0.1, 0.15) is 9.08 Å². The number of hydrogen-bond donors (Lipinski definition) is 1. The Balaban J connectivity index is 2.08. The predicted molar refractivity (Wildman–Crippen MR) is 130 cm³/mol. The SMILES string of the molecule is CC(C)c1c(Cc2ccc(S(=O)(=O)C(C)I)nc2)c2ncccc2n1C/C(F)=C/CN. The summed E-state index contributed by atoms with van der Waals surface area (Å²) in [6, 6.07) is 7.10.